The van der Waals surface area contributed by atoms with E-state index in [1.54, 1.807) is 12.5 Å². The minimum Gasteiger partial charge on any atom is -0.483 e. The van der Waals surface area contributed by atoms with Gasteiger partial charge in [-0.2, -0.15) is 0 Å². The fourth-order valence-corrected chi connectivity index (χ4v) is 1.00. The van der Waals surface area contributed by atoms with Crippen LogP contribution >= 0.6 is 0 Å². The van der Waals surface area contributed by atoms with E-state index in [2.05, 4.69) is 4.98 Å². The highest BCUT2D eigenvalue weighted by Gasteiger charge is 2.02. The lowest BCUT2D eigenvalue weighted by Gasteiger charge is -2.07. The molecule has 1 aromatic rings. The van der Waals surface area contributed by atoms with Crippen LogP contribution < -0.4 is 4.74 Å². The summed E-state index contributed by atoms with van der Waals surface area (Å²) in [4.78, 5) is 14.0. The number of pyridine rings is 1. The predicted octanol–water partition coefficient (Wildman–Crippen LogP) is 1.19. The molecule has 0 amide bonds. The minimum atomic E-state index is -0.0344. The highest BCUT2D eigenvalue weighted by atomic mass is 16.5. The minimum absolute atomic E-state index is 0.0344. The van der Waals surface area contributed by atoms with Crippen LogP contribution in [0.5, 0.6) is 5.75 Å². The first-order valence-corrected chi connectivity index (χ1v) is 3.65. The normalized spacial score (nSPS) is 9.50. The van der Waals surface area contributed by atoms with Gasteiger partial charge in [0, 0.05) is 6.20 Å². The third kappa shape index (κ3) is 1.81. The van der Waals surface area contributed by atoms with Crippen molar-refractivity contribution in [3.63, 3.8) is 0 Å². The first kappa shape index (κ1) is 8.71. The second-order valence-electron chi connectivity index (χ2n) is 2.48. The van der Waals surface area contributed by atoms with Crippen LogP contribution in [0.15, 0.2) is 12.3 Å². The van der Waals surface area contributed by atoms with Gasteiger partial charge in [-0.25, -0.2) is 0 Å². The zero-order chi connectivity index (χ0) is 8.97. The number of hydrogen-bond acceptors (Lipinski definition) is 3. The van der Waals surface area contributed by atoms with E-state index < -0.39 is 0 Å². The Kier molecular flexibility index (Phi) is 2.80. The molecule has 0 saturated heterocycles. The predicted molar refractivity (Wildman–Crippen MR) is 44.9 cm³/mol. The molecular formula is C9H10NO2. The molecule has 0 fully saturated rings. The van der Waals surface area contributed by atoms with Crippen molar-refractivity contribution in [1.29, 1.82) is 0 Å². The molecule has 0 aliphatic heterocycles. The van der Waals surface area contributed by atoms with Crippen molar-refractivity contribution in [2.75, 3.05) is 6.61 Å². The molecule has 0 unspecified atom stereocenters. The van der Waals surface area contributed by atoms with Crippen LogP contribution in [-0.2, 0) is 4.79 Å². The molecule has 0 spiro atoms. The Morgan fingerprint density at radius 1 is 1.58 bits per heavy atom. The number of aromatic nitrogens is 1. The molecule has 0 atom stereocenters. The van der Waals surface area contributed by atoms with Gasteiger partial charge in [-0.3, -0.25) is 9.78 Å². The molecule has 0 N–H and O–H groups in total. The Labute approximate surface area is 71.4 Å². The van der Waals surface area contributed by atoms with Crippen molar-refractivity contribution in [1.82, 2.24) is 4.98 Å². The van der Waals surface area contributed by atoms with Crippen LogP contribution in [0.3, 0.4) is 0 Å². The van der Waals surface area contributed by atoms with E-state index in [0.29, 0.717) is 5.75 Å². The van der Waals surface area contributed by atoms with Crippen LogP contribution in [-0.4, -0.2) is 17.9 Å². The van der Waals surface area contributed by atoms with E-state index in [-0.39, 0.29) is 6.61 Å². The Morgan fingerprint density at radius 2 is 2.33 bits per heavy atom. The van der Waals surface area contributed by atoms with Gasteiger partial charge in [0.25, 0.3) is 0 Å². The summed E-state index contributed by atoms with van der Waals surface area (Å²) in [6.07, 6.45) is 3.38. The molecular weight excluding hydrogens is 154 g/mol. The molecule has 0 aliphatic rings. The average Bonchev–Trinajstić information content (AvgIpc) is 2.04. The maximum atomic E-state index is 9.93. The summed E-state index contributed by atoms with van der Waals surface area (Å²) >= 11 is 0. The lowest BCUT2D eigenvalue weighted by molar-refractivity contribution is 0.358. The summed E-state index contributed by atoms with van der Waals surface area (Å²) in [7, 11) is 0. The van der Waals surface area contributed by atoms with E-state index in [1.807, 2.05) is 19.9 Å². The zero-order valence-electron chi connectivity index (χ0n) is 7.13. The van der Waals surface area contributed by atoms with E-state index in [9.17, 15) is 4.79 Å². The first-order chi connectivity index (χ1) is 5.75. The van der Waals surface area contributed by atoms with Crippen molar-refractivity contribution in [2.45, 2.75) is 13.8 Å². The molecule has 0 aliphatic carbocycles. The van der Waals surface area contributed by atoms with E-state index >= 15 is 0 Å². The molecule has 3 heteroatoms. The molecule has 0 aromatic carbocycles. The van der Waals surface area contributed by atoms with Crippen LogP contribution in [0.25, 0.3) is 0 Å². The van der Waals surface area contributed by atoms with Gasteiger partial charge in [-0.1, -0.05) is 0 Å². The van der Waals surface area contributed by atoms with Crippen LogP contribution in [0, 0.1) is 13.8 Å². The van der Waals surface area contributed by atoms with Crippen molar-refractivity contribution >= 4 is 6.29 Å². The molecule has 0 saturated carbocycles. The van der Waals surface area contributed by atoms with Gasteiger partial charge in [0.1, 0.15) is 5.75 Å². The van der Waals surface area contributed by atoms with Crippen molar-refractivity contribution in [3.05, 3.63) is 23.5 Å². The number of ether oxygens (including phenoxy) is 1. The molecule has 63 valence electrons. The van der Waals surface area contributed by atoms with Gasteiger partial charge >= 0.3 is 0 Å². The summed E-state index contributed by atoms with van der Waals surface area (Å²) in [5.74, 6) is 0.681. The van der Waals surface area contributed by atoms with Crippen molar-refractivity contribution < 1.29 is 9.53 Å². The second kappa shape index (κ2) is 3.85. The summed E-state index contributed by atoms with van der Waals surface area (Å²) in [5.41, 5.74) is 1.78. The Bertz CT molecular complexity index is 264. The van der Waals surface area contributed by atoms with Gasteiger partial charge in [0.05, 0.1) is 5.69 Å². The fourth-order valence-electron chi connectivity index (χ4n) is 1.00. The van der Waals surface area contributed by atoms with Gasteiger partial charge in [0.2, 0.25) is 6.29 Å². The van der Waals surface area contributed by atoms with E-state index in [1.165, 1.54) is 0 Å². The van der Waals surface area contributed by atoms with Gasteiger partial charge in [0.15, 0.2) is 6.61 Å². The first-order valence-electron chi connectivity index (χ1n) is 3.65. The van der Waals surface area contributed by atoms with Crippen LogP contribution in [0.4, 0.5) is 0 Å². The number of nitrogens with zero attached hydrogens (tertiary/aromatic N) is 1. The second-order valence-corrected chi connectivity index (χ2v) is 2.48. The molecule has 1 heterocycles. The van der Waals surface area contributed by atoms with Gasteiger partial charge < -0.3 is 4.74 Å². The van der Waals surface area contributed by atoms with E-state index in [0.717, 1.165) is 11.3 Å². The van der Waals surface area contributed by atoms with Crippen molar-refractivity contribution in [3.8, 4) is 5.75 Å². The number of rotatable bonds is 3. The van der Waals surface area contributed by atoms with E-state index in [4.69, 9.17) is 4.74 Å². The lowest BCUT2D eigenvalue weighted by atomic mass is 10.2. The molecule has 3 nitrogen and oxygen atoms in total. The van der Waals surface area contributed by atoms with Gasteiger partial charge in [-0.05, 0) is 25.5 Å². The molecule has 0 bridgehead atoms. The SMILES string of the molecule is Cc1ccnc(C)c1OC[C]=O. The Balaban J connectivity index is 2.88. The average molecular weight is 164 g/mol. The maximum Gasteiger partial charge on any atom is 0.239 e. The van der Waals surface area contributed by atoms with Crippen molar-refractivity contribution in [2.24, 2.45) is 0 Å². The molecule has 1 aromatic heterocycles. The molecule has 1 rings (SSSR count). The monoisotopic (exact) mass is 164 g/mol. The number of aryl methyl sites for hydroxylation is 2. The zero-order valence-corrected chi connectivity index (χ0v) is 7.13. The summed E-state index contributed by atoms with van der Waals surface area (Å²) in [6, 6.07) is 1.84. The third-order valence-corrected chi connectivity index (χ3v) is 1.55. The molecule has 12 heavy (non-hydrogen) atoms. The summed E-state index contributed by atoms with van der Waals surface area (Å²) in [5, 5.41) is 0. The topological polar surface area (TPSA) is 39.2 Å². The maximum absolute atomic E-state index is 9.93. The smallest absolute Gasteiger partial charge is 0.239 e. The van der Waals surface area contributed by atoms with Gasteiger partial charge in [-0.15, -0.1) is 0 Å². The Morgan fingerprint density at radius 3 is 2.92 bits per heavy atom. The third-order valence-electron chi connectivity index (χ3n) is 1.55. The van der Waals surface area contributed by atoms with Crippen LogP contribution in [0.1, 0.15) is 11.3 Å². The highest BCUT2D eigenvalue weighted by molar-refractivity contribution is 5.53. The molecule has 1 radical (unpaired) electrons. The van der Waals surface area contributed by atoms with Crippen LogP contribution in [0.2, 0.25) is 0 Å². The quantitative estimate of drug-likeness (QED) is 0.673. The largest absolute Gasteiger partial charge is 0.483 e. The summed E-state index contributed by atoms with van der Waals surface area (Å²) in [6.45, 7) is 3.72. The Hall–Kier alpha value is -1.38. The highest BCUT2D eigenvalue weighted by Crippen LogP contribution is 2.19. The fraction of sp³-hybridized carbons (Fsp3) is 0.333. The standard InChI is InChI=1S/C9H10NO2/c1-7-3-4-10-8(2)9(7)12-6-5-11/h3-4H,6H2,1-2H3. The summed E-state index contributed by atoms with van der Waals surface area (Å²) < 4.78 is 5.13. The number of hydrogen-bond donors (Lipinski definition) is 0. The number of carbonyl (C=O) groups excluding carboxylic acids is 1. The lowest BCUT2D eigenvalue weighted by Crippen LogP contribution is -2.01.